The maximum Gasteiger partial charge on any atom is 0.140 e. The van der Waals surface area contributed by atoms with Gasteiger partial charge in [0.05, 0.1) is 0 Å². The van der Waals surface area contributed by atoms with Crippen LogP contribution in [0.3, 0.4) is 0 Å². The van der Waals surface area contributed by atoms with Gasteiger partial charge in [-0.2, -0.15) is 0 Å². The van der Waals surface area contributed by atoms with Crippen molar-refractivity contribution in [3.8, 4) is 0 Å². The first kappa shape index (κ1) is 6.60. The van der Waals surface area contributed by atoms with E-state index >= 15 is 0 Å². The summed E-state index contributed by atoms with van der Waals surface area (Å²) >= 11 is 3.86. The van der Waals surface area contributed by atoms with Crippen molar-refractivity contribution in [3.63, 3.8) is 0 Å². The number of Topliss-reactive ketones (excluding diaryl/α,β-unsaturated/α-hetero) is 1. The van der Waals surface area contributed by atoms with Crippen molar-refractivity contribution in [2.24, 2.45) is 47.3 Å². The van der Waals surface area contributed by atoms with Gasteiger partial charge in [-0.05, 0) is 41.9 Å². The van der Waals surface area contributed by atoms with Crippen LogP contribution < -0.4 is 0 Å². The highest BCUT2D eigenvalue weighted by Crippen LogP contribution is 2.82. The van der Waals surface area contributed by atoms with Crippen LogP contribution in [0.4, 0.5) is 0 Å². The van der Waals surface area contributed by atoms with Crippen molar-refractivity contribution in [3.05, 3.63) is 0 Å². The first-order chi connectivity index (χ1) is 6.30. The Morgan fingerprint density at radius 2 is 1.77 bits per heavy atom. The van der Waals surface area contributed by atoms with E-state index in [0.29, 0.717) is 17.6 Å². The molecule has 6 rings (SSSR count). The molecule has 0 aromatic rings. The predicted octanol–water partition coefficient (Wildman–Crippen LogP) is 1.71. The van der Waals surface area contributed by atoms with Crippen LogP contribution in [0.2, 0.25) is 0 Å². The molecule has 6 bridgehead atoms. The Kier molecular flexibility index (Phi) is 0.790. The normalized spacial score (nSPS) is 79.8. The zero-order valence-corrected chi connectivity index (χ0v) is 8.78. The number of hydrogen-bond acceptors (Lipinski definition) is 1. The third-order valence-electron chi connectivity index (χ3n) is 6.01. The fraction of sp³-hybridized carbons (Fsp3) is 0.909. The number of alkyl halides is 1. The molecule has 0 N–H and O–H groups in total. The Morgan fingerprint density at radius 3 is 2.54 bits per heavy atom. The van der Waals surface area contributed by atoms with Gasteiger partial charge >= 0.3 is 0 Å². The molecular formula is C11H11BrO. The molecule has 4 unspecified atom stereocenters. The van der Waals surface area contributed by atoms with Gasteiger partial charge in [-0.25, -0.2) is 0 Å². The summed E-state index contributed by atoms with van der Waals surface area (Å²) in [5.74, 6) is 6.90. The molecule has 6 fully saturated rings. The third-order valence-corrected chi connectivity index (χ3v) is 7.24. The number of carbonyl (C=O) groups is 1. The van der Waals surface area contributed by atoms with Gasteiger partial charge in [0.1, 0.15) is 5.78 Å². The van der Waals surface area contributed by atoms with Crippen molar-refractivity contribution in [1.82, 2.24) is 0 Å². The molecule has 6 aliphatic carbocycles. The molecule has 6 aliphatic rings. The van der Waals surface area contributed by atoms with E-state index in [-0.39, 0.29) is 0 Å². The second-order valence-corrected chi connectivity index (χ2v) is 6.83. The number of ketones is 1. The van der Waals surface area contributed by atoms with E-state index < -0.39 is 0 Å². The van der Waals surface area contributed by atoms with Crippen molar-refractivity contribution >= 4 is 21.7 Å². The SMILES string of the molecule is O=C1[C@@H]2C3CC4C2[C@@H]2[C@H](Br)[C@H]4C3[C@H]12. The molecule has 0 saturated heterocycles. The van der Waals surface area contributed by atoms with E-state index in [1.165, 1.54) is 6.42 Å². The summed E-state index contributed by atoms with van der Waals surface area (Å²) in [7, 11) is 0. The molecule has 6 saturated carbocycles. The molecule has 2 heteroatoms. The Balaban J connectivity index is 1.90. The third kappa shape index (κ3) is 0.397. The lowest BCUT2D eigenvalue weighted by Gasteiger charge is -2.32. The van der Waals surface area contributed by atoms with Crippen molar-refractivity contribution in [2.75, 3.05) is 0 Å². The molecule has 0 radical (unpaired) electrons. The van der Waals surface area contributed by atoms with Crippen LogP contribution in [-0.4, -0.2) is 10.6 Å². The highest BCUT2D eigenvalue weighted by Gasteiger charge is 2.83. The lowest BCUT2D eigenvalue weighted by Crippen LogP contribution is -2.30. The quantitative estimate of drug-likeness (QED) is 0.588. The Hall–Kier alpha value is 0.150. The summed E-state index contributed by atoms with van der Waals surface area (Å²) in [6.45, 7) is 0. The molecule has 68 valence electrons. The maximum absolute atomic E-state index is 12.0. The lowest BCUT2D eigenvalue weighted by atomic mass is 9.71. The van der Waals surface area contributed by atoms with Crippen molar-refractivity contribution in [2.45, 2.75) is 11.2 Å². The minimum absolute atomic E-state index is 0.521. The van der Waals surface area contributed by atoms with Gasteiger partial charge in [-0.15, -0.1) is 0 Å². The average molecular weight is 239 g/mol. The summed E-state index contributed by atoms with van der Waals surface area (Å²) in [5.41, 5.74) is 0. The molecule has 0 aromatic carbocycles. The van der Waals surface area contributed by atoms with Crippen LogP contribution in [0.1, 0.15) is 6.42 Å². The van der Waals surface area contributed by atoms with Crippen molar-refractivity contribution < 1.29 is 4.79 Å². The average Bonchev–Trinajstić information content (AvgIpc) is 2.78. The largest absolute Gasteiger partial charge is 0.299 e. The Labute approximate surface area is 85.4 Å². The summed E-state index contributed by atoms with van der Waals surface area (Å²) in [5, 5.41) is 0. The number of carbonyl (C=O) groups excluding carboxylic acids is 1. The monoisotopic (exact) mass is 238 g/mol. The fourth-order valence-corrected chi connectivity index (χ4v) is 7.62. The highest BCUT2D eigenvalue weighted by atomic mass is 79.9. The topological polar surface area (TPSA) is 17.1 Å². The van der Waals surface area contributed by atoms with E-state index in [4.69, 9.17) is 0 Å². The van der Waals surface area contributed by atoms with Gasteiger partial charge in [0.25, 0.3) is 0 Å². The highest BCUT2D eigenvalue weighted by molar-refractivity contribution is 9.09. The molecular weight excluding hydrogens is 228 g/mol. The van der Waals surface area contributed by atoms with Gasteiger partial charge in [-0.3, -0.25) is 4.79 Å². The maximum atomic E-state index is 12.0. The van der Waals surface area contributed by atoms with Crippen LogP contribution >= 0.6 is 15.9 Å². The summed E-state index contributed by atoms with van der Waals surface area (Å²) < 4.78 is 0. The zero-order valence-electron chi connectivity index (χ0n) is 7.19. The van der Waals surface area contributed by atoms with Gasteiger partial charge in [-0.1, -0.05) is 15.9 Å². The van der Waals surface area contributed by atoms with Crippen LogP contribution in [0.25, 0.3) is 0 Å². The van der Waals surface area contributed by atoms with Gasteiger partial charge in [0.2, 0.25) is 0 Å². The molecule has 13 heavy (non-hydrogen) atoms. The molecule has 0 aliphatic heterocycles. The van der Waals surface area contributed by atoms with E-state index in [0.717, 1.165) is 40.3 Å². The second kappa shape index (κ2) is 1.56. The van der Waals surface area contributed by atoms with Crippen LogP contribution in [0.5, 0.6) is 0 Å². The molecule has 1 nitrogen and oxygen atoms in total. The molecule has 0 spiro atoms. The lowest BCUT2D eigenvalue weighted by molar-refractivity contribution is -0.122. The van der Waals surface area contributed by atoms with Crippen LogP contribution in [-0.2, 0) is 4.79 Å². The first-order valence-electron chi connectivity index (χ1n) is 5.48. The first-order valence-corrected chi connectivity index (χ1v) is 6.40. The molecule has 0 heterocycles. The Bertz CT molecular complexity index is 350. The molecule has 9 atom stereocenters. The number of halogens is 1. The predicted molar refractivity (Wildman–Crippen MR) is 50.3 cm³/mol. The molecule has 0 aromatic heterocycles. The van der Waals surface area contributed by atoms with Gasteiger partial charge < -0.3 is 0 Å². The summed E-state index contributed by atoms with van der Waals surface area (Å²) in [6.07, 6.45) is 1.41. The Morgan fingerprint density at radius 1 is 1.00 bits per heavy atom. The van der Waals surface area contributed by atoms with Crippen molar-refractivity contribution in [1.29, 1.82) is 0 Å². The summed E-state index contributed by atoms with van der Waals surface area (Å²) in [4.78, 5) is 12.7. The van der Waals surface area contributed by atoms with Crippen LogP contribution in [0, 0.1) is 47.3 Å². The molecule has 0 amide bonds. The van der Waals surface area contributed by atoms with Gasteiger partial charge in [0.15, 0.2) is 0 Å². The number of hydrogen-bond donors (Lipinski definition) is 0. The zero-order chi connectivity index (χ0) is 8.48. The minimum atomic E-state index is 0.521. The van der Waals surface area contributed by atoms with Gasteiger partial charge in [0, 0.05) is 16.7 Å². The number of rotatable bonds is 0. The fourth-order valence-electron chi connectivity index (χ4n) is 6.20. The second-order valence-electron chi connectivity index (χ2n) is 5.77. The van der Waals surface area contributed by atoms with E-state index in [9.17, 15) is 4.79 Å². The van der Waals surface area contributed by atoms with Crippen LogP contribution in [0.15, 0.2) is 0 Å². The minimum Gasteiger partial charge on any atom is -0.299 e. The van der Waals surface area contributed by atoms with E-state index in [1.807, 2.05) is 0 Å². The van der Waals surface area contributed by atoms with E-state index in [2.05, 4.69) is 15.9 Å². The smallest absolute Gasteiger partial charge is 0.140 e. The standard InChI is InChI=1S/C11H11BrO/c12-10-6-2-1-3-4(6)9-8(10)5(2)7(3)11(9)13/h2-10H,1H2/t2?,3?,4?,5?,6-,7-,8+,9+,10-/m1/s1. The summed E-state index contributed by atoms with van der Waals surface area (Å²) in [6, 6.07) is 0. The van der Waals surface area contributed by atoms with E-state index in [1.54, 1.807) is 0 Å².